The first-order chi connectivity index (χ1) is 5.57. The molecule has 0 atom stereocenters. The van der Waals surface area contributed by atoms with Crippen molar-refractivity contribution in [3.8, 4) is 0 Å². The summed E-state index contributed by atoms with van der Waals surface area (Å²) in [6, 6.07) is 1.36. The van der Waals surface area contributed by atoms with Gasteiger partial charge in [-0.05, 0) is 0 Å². The Hall–Kier alpha value is -1.03. The smallest absolute Gasteiger partial charge is 0.299 e. The highest BCUT2D eigenvalue weighted by molar-refractivity contribution is 6.16. The molecule has 0 saturated heterocycles. The van der Waals surface area contributed by atoms with Crippen LogP contribution in [-0.2, 0) is 20.0 Å². The maximum Gasteiger partial charge on any atom is 0.330 e. The van der Waals surface area contributed by atoms with Crippen molar-refractivity contribution in [1.29, 1.82) is 0 Å². The van der Waals surface area contributed by atoms with E-state index in [2.05, 4.69) is 0 Å². The van der Waals surface area contributed by atoms with Gasteiger partial charge in [0.1, 0.15) is 0 Å². The first-order valence-electron chi connectivity index (χ1n) is 3.40. The monoisotopic (exact) mass is 188 g/mol. The largest absolute Gasteiger partial charge is 0.330 e. The van der Waals surface area contributed by atoms with E-state index < -0.39 is 0 Å². The molecule has 0 radical (unpaired) electrons. The van der Waals surface area contributed by atoms with Crippen LogP contribution in [0.2, 0.25) is 0 Å². The highest BCUT2D eigenvalue weighted by Gasteiger charge is 2.03. The van der Waals surface area contributed by atoms with Gasteiger partial charge in [0, 0.05) is 25.9 Å². The number of halogens is 1. The molecular weight excluding hydrogens is 180 g/mol. The molecule has 0 aliphatic rings. The van der Waals surface area contributed by atoms with Gasteiger partial charge in [0.15, 0.2) is 0 Å². The second-order valence-corrected chi connectivity index (χ2v) is 2.78. The summed E-state index contributed by atoms with van der Waals surface area (Å²) < 4.78 is 2.39. The van der Waals surface area contributed by atoms with Crippen LogP contribution in [0.1, 0.15) is 5.69 Å². The number of hydrogen-bond donors (Lipinski definition) is 0. The van der Waals surface area contributed by atoms with Crippen LogP contribution in [0.25, 0.3) is 0 Å². The Labute approximate surface area is 74.0 Å². The quantitative estimate of drug-likeness (QED) is 0.574. The minimum Gasteiger partial charge on any atom is -0.299 e. The minimum atomic E-state index is -0.349. The molecule has 4 nitrogen and oxygen atoms in total. The third kappa shape index (κ3) is 1.30. The number of rotatable bonds is 1. The van der Waals surface area contributed by atoms with Gasteiger partial charge >= 0.3 is 5.69 Å². The number of aromatic nitrogens is 2. The summed E-state index contributed by atoms with van der Waals surface area (Å²) in [4.78, 5) is 22.3. The van der Waals surface area contributed by atoms with Gasteiger partial charge < -0.3 is 0 Å². The topological polar surface area (TPSA) is 44.0 Å². The van der Waals surface area contributed by atoms with Crippen LogP contribution in [-0.4, -0.2) is 9.13 Å². The van der Waals surface area contributed by atoms with E-state index in [1.165, 1.54) is 17.7 Å². The molecule has 0 aliphatic heterocycles. The Morgan fingerprint density at radius 3 is 2.42 bits per heavy atom. The number of alkyl halides is 1. The van der Waals surface area contributed by atoms with Crippen LogP contribution in [0, 0.1) is 0 Å². The summed E-state index contributed by atoms with van der Waals surface area (Å²) in [5.41, 5.74) is -0.142. The SMILES string of the molecule is Cn1c(CCl)cc(=O)n(C)c1=O. The predicted molar refractivity (Wildman–Crippen MR) is 46.5 cm³/mol. The zero-order chi connectivity index (χ0) is 9.30. The van der Waals surface area contributed by atoms with E-state index in [4.69, 9.17) is 11.6 Å². The van der Waals surface area contributed by atoms with Gasteiger partial charge in [-0.15, -0.1) is 11.6 Å². The highest BCUT2D eigenvalue weighted by Crippen LogP contribution is 1.94. The Morgan fingerprint density at radius 2 is 1.92 bits per heavy atom. The van der Waals surface area contributed by atoms with Crippen molar-refractivity contribution in [2.45, 2.75) is 5.88 Å². The average molecular weight is 189 g/mol. The first-order valence-corrected chi connectivity index (χ1v) is 3.93. The van der Waals surface area contributed by atoms with Gasteiger partial charge in [-0.25, -0.2) is 4.79 Å². The lowest BCUT2D eigenvalue weighted by atomic mass is 10.4. The Kier molecular flexibility index (Phi) is 2.38. The summed E-state index contributed by atoms with van der Waals surface area (Å²) in [6.45, 7) is 0. The molecule has 0 spiro atoms. The van der Waals surface area contributed by atoms with E-state index in [0.29, 0.717) is 5.69 Å². The zero-order valence-electron chi connectivity index (χ0n) is 6.87. The van der Waals surface area contributed by atoms with Crippen LogP contribution >= 0.6 is 11.6 Å². The standard InChI is InChI=1S/C7H9ClN2O2/c1-9-5(4-8)3-6(11)10(2)7(9)12/h3H,4H2,1-2H3. The Bertz CT molecular complexity index is 405. The Morgan fingerprint density at radius 1 is 1.33 bits per heavy atom. The second-order valence-electron chi connectivity index (χ2n) is 2.51. The van der Waals surface area contributed by atoms with Crippen LogP contribution in [0.4, 0.5) is 0 Å². The third-order valence-corrected chi connectivity index (χ3v) is 2.04. The molecule has 0 unspecified atom stereocenters. The van der Waals surface area contributed by atoms with Crippen molar-refractivity contribution in [3.63, 3.8) is 0 Å². The fraction of sp³-hybridized carbons (Fsp3) is 0.429. The fourth-order valence-corrected chi connectivity index (χ4v) is 1.16. The second kappa shape index (κ2) is 3.15. The van der Waals surface area contributed by atoms with Crippen molar-refractivity contribution in [2.75, 3.05) is 0 Å². The van der Waals surface area contributed by atoms with Gasteiger partial charge in [0.05, 0.1) is 5.88 Å². The maximum atomic E-state index is 11.2. The summed E-state index contributed by atoms with van der Waals surface area (Å²) in [5, 5.41) is 0. The summed E-state index contributed by atoms with van der Waals surface area (Å²) in [5.74, 6) is 0.168. The lowest BCUT2D eigenvalue weighted by Crippen LogP contribution is -2.37. The van der Waals surface area contributed by atoms with E-state index in [0.717, 1.165) is 4.57 Å². The fourth-order valence-electron chi connectivity index (χ4n) is 0.907. The van der Waals surface area contributed by atoms with Crippen LogP contribution < -0.4 is 11.2 Å². The summed E-state index contributed by atoms with van der Waals surface area (Å²) >= 11 is 5.52. The molecule has 1 rings (SSSR count). The molecule has 0 amide bonds. The molecule has 0 aromatic carbocycles. The molecule has 0 N–H and O–H groups in total. The van der Waals surface area contributed by atoms with E-state index in [-0.39, 0.29) is 17.1 Å². The van der Waals surface area contributed by atoms with Crippen molar-refractivity contribution in [1.82, 2.24) is 9.13 Å². The molecule has 5 heteroatoms. The van der Waals surface area contributed by atoms with E-state index in [1.807, 2.05) is 0 Å². The molecule has 12 heavy (non-hydrogen) atoms. The Balaban J connectivity index is 3.61. The van der Waals surface area contributed by atoms with E-state index in [9.17, 15) is 9.59 Å². The van der Waals surface area contributed by atoms with Crippen molar-refractivity contribution in [2.24, 2.45) is 14.1 Å². The van der Waals surface area contributed by atoms with Crippen molar-refractivity contribution >= 4 is 11.6 Å². The zero-order valence-corrected chi connectivity index (χ0v) is 7.63. The average Bonchev–Trinajstić information content (AvgIpc) is 2.08. The lowest BCUT2D eigenvalue weighted by molar-refractivity contribution is 0.664. The predicted octanol–water partition coefficient (Wildman–Crippen LogP) is -0.177. The van der Waals surface area contributed by atoms with Crippen LogP contribution in [0.3, 0.4) is 0 Å². The van der Waals surface area contributed by atoms with E-state index in [1.54, 1.807) is 7.05 Å². The van der Waals surface area contributed by atoms with Gasteiger partial charge in [0.25, 0.3) is 5.56 Å². The summed E-state index contributed by atoms with van der Waals surface area (Å²) in [6.07, 6.45) is 0. The number of hydrogen-bond acceptors (Lipinski definition) is 2. The highest BCUT2D eigenvalue weighted by atomic mass is 35.5. The molecule has 1 heterocycles. The molecule has 0 bridgehead atoms. The van der Waals surface area contributed by atoms with Crippen LogP contribution in [0.5, 0.6) is 0 Å². The molecule has 1 aromatic rings. The van der Waals surface area contributed by atoms with Crippen molar-refractivity contribution in [3.05, 3.63) is 32.6 Å². The maximum absolute atomic E-state index is 11.2. The van der Waals surface area contributed by atoms with Gasteiger partial charge in [-0.1, -0.05) is 0 Å². The minimum absolute atomic E-state index is 0.168. The molecule has 1 aromatic heterocycles. The van der Waals surface area contributed by atoms with Gasteiger partial charge in [-0.3, -0.25) is 13.9 Å². The van der Waals surface area contributed by atoms with Crippen molar-refractivity contribution < 1.29 is 0 Å². The lowest BCUT2D eigenvalue weighted by Gasteiger charge is -2.05. The van der Waals surface area contributed by atoms with Gasteiger partial charge in [-0.2, -0.15) is 0 Å². The van der Waals surface area contributed by atoms with Gasteiger partial charge in [0.2, 0.25) is 0 Å². The number of nitrogens with zero attached hydrogens (tertiary/aromatic N) is 2. The molecule has 0 aliphatic carbocycles. The third-order valence-electron chi connectivity index (χ3n) is 1.76. The van der Waals surface area contributed by atoms with E-state index >= 15 is 0 Å². The summed E-state index contributed by atoms with van der Waals surface area (Å²) in [7, 11) is 3.02. The normalized spacial score (nSPS) is 10.2. The first kappa shape index (κ1) is 9.06. The molecule has 0 saturated carbocycles. The molecule has 66 valence electrons. The molecule has 0 fully saturated rings. The molecular formula is C7H9ClN2O2. The van der Waals surface area contributed by atoms with Crippen LogP contribution in [0.15, 0.2) is 15.7 Å².